The second-order valence-electron chi connectivity index (χ2n) is 3.44. The highest BCUT2D eigenvalue weighted by Gasteiger charge is 2.20. The van der Waals surface area contributed by atoms with Gasteiger partial charge in [-0.15, -0.1) is 0 Å². The Bertz CT molecular complexity index is 277. The van der Waals surface area contributed by atoms with Gasteiger partial charge in [0.15, 0.2) is 0 Å². The van der Waals surface area contributed by atoms with Crippen LogP contribution in [-0.2, 0) is 12.8 Å². The highest BCUT2D eigenvalue weighted by molar-refractivity contribution is 5.27. The maximum absolute atomic E-state index is 5.95. The molecular weight excluding hydrogens is 150 g/mol. The molecule has 2 heteroatoms. The van der Waals surface area contributed by atoms with Gasteiger partial charge in [-0.1, -0.05) is 6.92 Å². The summed E-state index contributed by atoms with van der Waals surface area (Å²) < 4.78 is 5.65. The van der Waals surface area contributed by atoms with Crippen molar-refractivity contribution in [2.45, 2.75) is 38.6 Å². The smallest absolute Gasteiger partial charge is 0.108 e. The summed E-state index contributed by atoms with van der Waals surface area (Å²) >= 11 is 0. The summed E-state index contributed by atoms with van der Waals surface area (Å²) in [5.41, 5.74) is 7.20. The van der Waals surface area contributed by atoms with Crippen LogP contribution >= 0.6 is 0 Å². The van der Waals surface area contributed by atoms with Crippen LogP contribution < -0.4 is 5.73 Å². The summed E-state index contributed by atoms with van der Waals surface area (Å²) in [5, 5.41) is 0. The molecule has 0 fully saturated rings. The van der Waals surface area contributed by atoms with Gasteiger partial charge in [0.1, 0.15) is 11.5 Å². The van der Waals surface area contributed by atoms with E-state index < -0.39 is 0 Å². The van der Waals surface area contributed by atoms with E-state index in [0.29, 0.717) is 0 Å². The first kappa shape index (κ1) is 7.87. The van der Waals surface area contributed by atoms with Crippen LogP contribution in [0.4, 0.5) is 0 Å². The van der Waals surface area contributed by atoms with E-state index in [4.69, 9.17) is 10.2 Å². The Morgan fingerprint density at radius 3 is 3.17 bits per heavy atom. The number of hydrogen-bond donors (Lipinski definition) is 1. The van der Waals surface area contributed by atoms with E-state index in [1.807, 2.05) is 0 Å². The predicted octanol–water partition coefficient (Wildman–Crippen LogP) is 2.18. The molecule has 1 atom stereocenters. The van der Waals surface area contributed by atoms with Gasteiger partial charge in [0, 0.05) is 24.4 Å². The van der Waals surface area contributed by atoms with E-state index in [2.05, 4.69) is 13.0 Å². The van der Waals surface area contributed by atoms with Crippen molar-refractivity contribution >= 4 is 0 Å². The predicted molar refractivity (Wildman–Crippen MR) is 48.0 cm³/mol. The van der Waals surface area contributed by atoms with Crippen LogP contribution in [0.5, 0.6) is 0 Å². The van der Waals surface area contributed by atoms with Gasteiger partial charge in [-0.05, 0) is 18.9 Å². The number of furan rings is 1. The summed E-state index contributed by atoms with van der Waals surface area (Å²) in [6.07, 6.45) is 4.32. The van der Waals surface area contributed by atoms with Crippen molar-refractivity contribution in [3.63, 3.8) is 0 Å². The molecule has 0 saturated heterocycles. The standard InChI is InChI=1S/C10H15NO/c1-2-7-6-8-9(11)4-3-5-10(8)12-7/h6,9H,2-5,11H2,1H3. The second kappa shape index (κ2) is 2.94. The molecule has 1 aromatic heterocycles. The fraction of sp³-hybridized carbons (Fsp3) is 0.600. The highest BCUT2D eigenvalue weighted by Crippen LogP contribution is 2.30. The van der Waals surface area contributed by atoms with Crippen molar-refractivity contribution in [1.82, 2.24) is 0 Å². The van der Waals surface area contributed by atoms with E-state index >= 15 is 0 Å². The molecular formula is C10H15NO. The maximum atomic E-state index is 5.95. The molecule has 0 amide bonds. The molecule has 1 aliphatic rings. The van der Waals surface area contributed by atoms with Gasteiger partial charge in [0.25, 0.3) is 0 Å². The van der Waals surface area contributed by atoms with Crippen LogP contribution in [0.15, 0.2) is 10.5 Å². The lowest BCUT2D eigenvalue weighted by Gasteiger charge is -2.16. The Hall–Kier alpha value is -0.760. The van der Waals surface area contributed by atoms with Crippen LogP contribution in [0.1, 0.15) is 42.9 Å². The molecule has 0 aromatic carbocycles. The maximum Gasteiger partial charge on any atom is 0.108 e. The zero-order valence-electron chi connectivity index (χ0n) is 7.47. The summed E-state index contributed by atoms with van der Waals surface area (Å²) in [6.45, 7) is 2.11. The third-order valence-electron chi connectivity index (χ3n) is 2.56. The van der Waals surface area contributed by atoms with E-state index in [-0.39, 0.29) is 6.04 Å². The lowest BCUT2D eigenvalue weighted by molar-refractivity contribution is 0.431. The number of nitrogens with two attached hydrogens (primary N) is 1. The van der Waals surface area contributed by atoms with Gasteiger partial charge in [-0.25, -0.2) is 0 Å². The number of aryl methyl sites for hydroxylation is 2. The summed E-state index contributed by atoms with van der Waals surface area (Å²) in [4.78, 5) is 0. The molecule has 2 N–H and O–H groups in total. The molecule has 2 rings (SSSR count). The molecule has 66 valence electrons. The molecule has 0 aliphatic heterocycles. The first-order valence-electron chi connectivity index (χ1n) is 4.68. The van der Waals surface area contributed by atoms with Crippen molar-refractivity contribution < 1.29 is 4.42 Å². The molecule has 0 bridgehead atoms. The second-order valence-corrected chi connectivity index (χ2v) is 3.44. The number of rotatable bonds is 1. The van der Waals surface area contributed by atoms with Crippen molar-refractivity contribution in [2.75, 3.05) is 0 Å². The first-order valence-corrected chi connectivity index (χ1v) is 4.68. The lowest BCUT2D eigenvalue weighted by atomic mass is 9.94. The largest absolute Gasteiger partial charge is 0.466 e. The van der Waals surface area contributed by atoms with Crippen molar-refractivity contribution in [2.24, 2.45) is 5.73 Å². The van der Waals surface area contributed by atoms with Gasteiger partial charge in [0.2, 0.25) is 0 Å². The highest BCUT2D eigenvalue weighted by atomic mass is 16.3. The fourth-order valence-corrected chi connectivity index (χ4v) is 1.82. The Balaban J connectivity index is 2.37. The molecule has 0 spiro atoms. The van der Waals surface area contributed by atoms with Crippen LogP contribution in [0.25, 0.3) is 0 Å². The Morgan fingerprint density at radius 2 is 2.50 bits per heavy atom. The molecule has 12 heavy (non-hydrogen) atoms. The number of hydrogen-bond acceptors (Lipinski definition) is 2. The Kier molecular flexibility index (Phi) is 1.93. The topological polar surface area (TPSA) is 39.2 Å². The van der Waals surface area contributed by atoms with E-state index in [1.54, 1.807) is 0 Å². The normalized spacial score (nSPS) is 22.3. The minimum absolute atomic E-state index is 0.220. The first-order chi connectivity index (χ1) is 5.81. The molecule has 1 unspecified atom stereocenters. The van der Waals surface area contributed by atoms with E-state index in [1.165, 1.54) is 12.0 Å². The average Bonchev–Trinajstić information content (AvgIpc) is 2.49. The van der Waals surface area contributed by atoms with Crippen LogP contribution in [0, 0.1) is 0 Å². The number of fused-ring (bicyclic) bond motifs is 1. The molecule has 1 aromatic rings. The zero-order valence-corrected chi connectivity index (χ0v) is 7.47. The van der Waals surface area contributed by atoms with Gasteiger partial charge in [0.05, 0.1) is 0 Å². The van der Waals surface area contributed by atoms with Gasteiger partial charge in [-0.3, -0.25) is 0 Å². The minimum Gasteiger partial charge on any atom is -0.466 e. The summed E-state index contributed by atoms with van der Waals surface area (Å²) in [7, 11) is 0. The van der Waals surface area contributed by atoms with Crippen molar-refractivity contribution in [1.29, 1.82) is 0 Å². The average molecular weight is 165 g/mol. The van der Waals surface area contributed by atoms with E-state index in [0.717, 1.165) is 30.8 Å². The molecule has 1 aliphatic carbocycles. The third kappa shape index (κ3) is 1.16. The molecule has 1 heterocycles. The van der Waals surface area contributed by atoms with E-state index in [9.17, 15) is 0 Å². The fourth-order valence-electron chi connectivity index (χ4n) is 1.82. The van der Waals surface area contributed by atoms with Crippen molar-refractivity contribution in [3.05, 3.63) is 23.2 Å². The van der Waals surface area contributed by atoms with Crippen LogP contribution in [-0.4, -0.2) is 0 Å². The zero-order chi connectivity index (χ0) is 8.55. The van der Waals surface area contributed by atoms with Gasteiger partial charge in [-0.2, -0.15) is 0 Å². The molecule has 2 nitrogen and oxygen atoms in total. The SMILES string of the molecule is CCc1cc2c(o1)CCCC2N. The third-order valence-corrected chi connectivity index (χ3v) is 2.56. The van der Waals surface area contributed by atoms with Crippen molar-refractivity contribution in [3.8, 4) is 0 Å². The molecule has 0 saturated carbocycles. The quantitative estimate of drug-likeness (QED) is 0.692. The molecule has 0 radical (unpaired) electrons. The Morgan fingerprint density at radius 1 is 1.67 bits per heavy atom. The minimum atomic E-state index is 0.220. The monoisotopic (exact) mass is 165 g/mol. The van der Waals surface area contributed by atoms with Gasteiger partial charge >= 0.3 is 0 Å². The van der Waals surface area contributed by atoms with Crippen LogP contribution in [0.3, 0.4) is 0 Å². The summed E-state index contributed by atoms with van der Waals surface area (Å²) in [6, 6.07) is 2.34. The van der Waals surface area contributed by atoms with Crippen LogP contribution in [0.2, 0.25) is 0 Å². The summed E-state index contributed by atoms with van der Waals surface area (Å²) in [5.74, 6) is 2.21. The Labute approximate surface area is 72.7 Å². The lowest BCUT2D eigenvalue weighted by Crippen LogP contribution is -2.15. The van der Waals surface area contributed by atoms with Gasteiger partial charge < -0.3 is 10.2 Å².